The summed E-state index contributed by atoms with van der Waals surface area (Å²) in [5.41, 5.74) is 12.0. The molecule has 1 heterocycles. The van der Waals surface area contributed by atoms with Gasteiger partial charge in [0.15, 0.2) is 0 Å². The second-order valence-corrected chi connectivity index (χ2v) is 4.95. The number of anilines is 1. The first-order chi connectivity index (χ1) is 8.54. The summed E-state index contributed by atoms with van der Waals surface area (Å²) in [4.78, 5) is 4.49. The number of aromatic nitrogens is 2. The highest BCUT2D eigenvalue weighted by Gasteiger charge is 2.14. The van der Waals surface area contributed by atoms with Crippen LogP contribution in [0.5, 0.6) is 0 Å². The minimum absolute atomic E-state index is 0.770. The van der Waals surface area contributed by atoms with Crippen molar-refractivity contribution >= 4 is 5.82 Å². The topological polar surface area (TPSA) is 43.8 Å². The number of nitrogen functional groups attached to an aromatic ring is 1. The summed E-state index contributed by atoms with van der Waals surface area (Å²) in [6.45, 7) is 9.41. The average molecular weight is 243 g/mol. The van der Waals surface area contributed by atoms with Crippen molar-refractivity contribution in [1.82, 2.24) is 9.55 Å². The van der Waals surface area contributed by atoms with Crippen LogP contribution in [0, 0.1) is 20.8 Å². The van der Waals surface area contributed by atoms with Crippen LogP contribution in [0.3, 0.4) is 0 Å². The van der Waals surface area contributed by atoms with E-state index in [0.717, 1.165) is 24.5 Å². The summed E-state index contributed by atoms with van der Waals surface area (Å²) in [6.07, 6.45) is 2.90. The molecule has 3 heteroatoms. The lowest BCUT2D eigenvalue weighted by Crippen LogP contribution is -2.02. The molecular weight excluding hydrogens is 222 g/mol. The molecule has 0 amide bonds. The Morgan fingerprint density at radius 1 is 1.17 bits per heavy atom. The maximum atomic E-state index is 6.20. The smallest absolute Gasteiger partial charge is 0.131 e. The van der Waals surface area contributed by atoms with Gasteiger partial charge in [0.05, 0.1) is 6.33 Å². The van der Waals surface area contributed by atoms with Crippen LogP contribution in [0.4, 0.5) is 5.82 Å². The van der Waals surface area contributed by atoms with Gasteiger partial charge in [0.2, 0.25) is 0 Å². The van der Waals surface area contributed by atoms with Gasteiger partial charge in [-0.25, -0.2) is 4.98 Å². The molecular formula is C15H21N3. The van der Waals surface area contributed by atoms with Crippen LogP contribution in [0.2, 0.25) is 0 Å². The van der Waals surface area contributed by atoms with Crippen LogP contribution in [0.25, 0.3) is 11.3 Å². The molecule has 0 aliphatic rings. The van der Waals surface area contributed by atoms with Crippen LogP contribution in [-0.2, 0) is 6.54 Å². The van der Waals surface area contributed by atoms with Crippen LogP contribution in [-0.4, -0.2) is 9.55 Å². The Balaban J connectivity index is 2.56. The summed E-state index contributed by atoms with van der Waals surface area (Å²) in [5, 5.41) is 0. The molecule has 18 heavy (non-hydrogen) atoms. The molecule has 0 spiro atoms. The molecule has 2 N–H and O–H groups in total. The van der Waals surface area contributed by atoms with Crippen molar-refractivity contribution in [3.05, 3.63) is 35.2 Å². The maximum Gasteiger partial charge on any atom is 0.131 e. The highest BCUT2D eigenvalue weighted by Crippen LogP contribution is 2.31. The highest BCUT2D eigenvalue weighted by molar-refractivity contribution is 5.76. The number of hydrogen-bond donors (Lipinski definition) is 1. The number of hydrogen-bond acceptors (Lipinski definition) is 2. The molecule has 3 nitrogen and oxygen atoms in total. The van der Waals surface area contributed by atoms with Gasteiger partial charge in [0.25, 0.3) is 0 Å². The van der Waals surface area contributed by atoms with Gasteiger partial charge in [-0.2, -0.15) is 0 Å². The zero-order valence-electron chi connectivity index (χ0n) is 11.6. The standard InChI is InChI=1S/C15H21N3/c1-5-6-18-9-17-14(15(18)16)13-11(3)7-10(2)8-12(13)4/h7-9H,5-6,16H2,1-4H3. The van der Waals surface area contributed by atoms with Crippen molar-refractivity contribution in [3.8, 4) is 11.3 Å². The molecule has 0 saturated heterocycles. The minimum atomic E-state index is 0.770. The van der Waals surface area contributed by atoms with Crippen LogP contribution in [0.1, 0.15) is 30.0 Å². The molecule has 0 aliphatic carbocycles. The Labute approximate surface area is 109 Å². The predicted molar refractivity (Wildman–Crippen MR) is 76.6 cm³/mol. The Kier molecular flexibility index (Phi) is 3.41. The van der Waals surface area contributed by atoms with Gasteiger partial charge >= 0.3 is 0 Å². The van der Waals surface area contributed by atoms with Gasteiger partial charge in [0.1, 0.15) is 11.5 Å². The molecule has 0 unspecified atom stereocenters. The molecule has 0 bridgehead atoms. The van der Waals surface area contributed by atoms with E-state index in [-0.39, 0.29) is 0 Å². The number of nitrogens with two attached hydrogens (primary N) is 1. The molecule has 1 aromatic heterocycles. The lowest BCUT2D eigenvalue weighted by Gasteiger charge is -2.10. The van der Waals surface area contributed by atoms with Crippen molar-refractivity contribution in [3.63, 3.8) is 0 Å². The summed E-state index contributed by atoms with van der Waals surface area (Å²) in [7, 11) is 0. The average Bonchev–Trinajstić information content (AvgIpc) is 2.61. The molecule has 0 aliphatic heterocycles. The third-order valence-corrected chi connectivity index (χ3v) is 3.26. The zero-order chi connectivity index (χ0) is 13.3. The summed E-state index contributed by atoms with van der Waals surface area (Å²) in [5.74, 6) is 0.770. The summed E-state index contributed by atoms with van der Waals surface area (Å²) >= 11 is 0. The maximum absolute atomic E-state index is 6.20. The summed E-state index contributed by atoms with van der Waals surface area (Å²) < 4.78 is 2.02. The molecule has 96 valence electrons. The molecule has 2 aromatic rings. The Bertz CT molecular complexity index is 544. The molecule has 0 radical (unpaired) electrons. The number of aryl methyl sites for hydroxylation is 4. The molecule has 1 aromatic carbocycles. The van der Waals surface area contributed by atoms with E-state index in [9.17, 15) is 0 Å². The van der Waals surface area contributed by atoms with E-state index in [0.29, 0.717) is 0 Å². The second kappa shape index (κ2) is 4.84. The van der Waals surface area contributed by atoms with Gasteiger partial charge in [-0.1, -0.05) is 24.6 Å². The largest absolute Gasteiger partial charge is 0.383 e. The fraction of sp³-hybridized carbons (Fsp3) is 0.400. The fourth-order valence-electron chi connectivity index (χ4n) is 2.56. The van der Waals surface area contributed by atoms with E-state index in [2.05, 4.69) is 44.8 Å². The van der Waals surface area contributed by atoms with Crippen LogP contribution in [0.15, 0.2) is 18.5 Å². The van der Waals surface area contributed by atoms with E-state index < -0.39 is 0 Å². The third kappa shape index (κ3) is 2.13. The molecule has 0 saturated carbocycles. The van der Waals surface area contributed by atoms with E-state index in [4.69, 9.17) is 5.73 Å². The monoisotopic (exact) mass is 243 g/mol. The van der Waals surface area contributed by atoms with E-state index in [1.54, 1.807) is 0 Å². The SMILES string of the molecule is CCCn1cnc(-c2c(C)cc(C)cc2C)c1N. The lowest BCUT2D eigenvalue weighted by atomic mass is 9.97. The van der Waals surface area contributed by atoms with Gasteiger partial charge in [-0.3, -0.25) is 0 Å². The first-order valence-electron chi connectivity index (χ1n) is 6.43. The predicted octanol–water partition coefficient (Wildman–Crippen LogP) is 3.47. The van der Waals surface area contributed by atoms with Gasteiger partial charge in [-0.15, -0.1) is 0 Å². The zero-order valence-corrected chi connectivity index (χ0v) is 11.6. The Morgan fingerprint density at radius 2 is 1.78 bits per heavy atom. The van der Waals surface area contributed by atoms with E-state index in [1.807, 2.05) is 10.9 Å². The molecule has 2 rings (SSSR count). The lowest BCUT2D eigenvalue weighted by molar-refractivity contribution is 0.686. The second-order valence-electron chi connectivity index (χ2n) is 4.95. The number of benzene rings is 1. The van der Waals surface area contributed by atoms with Crippen molar-refractivity contribution in [2.45, 2.75) is 40.7 Å². The third-order valence-electron chi connectivity index (χ3n) is 3.26. The quantitative estimate of drug-likeness (QED) is 0.897. The van der Waals surface area contributed by atoms with Gasteiger partial charge in [-0.05, 0) is 38.3 Å². The minimum Gasteiger partial charge on any atom is -0.383 e. The highest BCUT2D eigenvalue weighted by atomic mass is 15.1. The number of imidazole rings is 1. The Hall–Kier alpha value is -1.77. The number of nitrogens with zero attached hydrogens (tertiary/aromatic N) is 2. The fourth-order valence-corrected chi connectivity index (χ4v) is 2.56. The van der Waals surface area contributed by atoms with Crippen molar-refractivity contribution in [2.24, 2.45) is 0 Å². The van der Waals surface area contributed by atoms with E-state index >= 15 is 0 Å². The first-order valence-corrected chi connectivity index (χ1v) is 6.43. The van der Waals surface area contributed by atoms with Crippen LogP contribution >= 0.6 is 0 Å². The molecule has 0 fully saturated rings. The van der Waals surface area contributed by atoms with Crippen molar-refractivity contribution < 1.29 is 0 Å². The molecule has 0 atom stereocenters. The van der Waals surface area contributed by atoms with E-state index in [1.165, 1.54) is 22.3 Å². The number of rotatable bonds is 3. The Morgan fingerprint density at radius 3 is 2.33 bits per heavy atom. The summed E-state index contributed by atoms with van der Waals surface area (Å²) in [6, 6.07) is 4.36. The van der Waals surface area contributed by atoms with Crippen molar-refractivity contribution in [1.29, 1.82) is 0 Å². The normalized spacial score (nSPS) is 10.9. The first kappa shape index (κ1) is 12.7. The van der Waals surface area contributed by atoms with Gasteiger partial charge in [0, 0.05) is 12.1 Å². The van der Waals surface area contributed by atoms with Crippen LogP contribution < -0.4 is 5.73 Å². The van der Waals surface area contributed by atoms with Gasteiger partial charge < -0.3 is 10.3 Å². The van der Waals surface area contributed by atoms with Crippen molar-refractivity contribution in [2.75, 3.05) is 5.73 Å².